The molecule has 0 saturated heterocycles. The van der Waals surface area contributed by atoms with Crippen molar-refractivity contribution in [2.24, 2.45) is 0 Å². The minimum absolute atomic E-state index is 0.0859. The largest absolute Gasteiger partial charge is 0.497 e. The normalized spacial score (nSPS) is 12.7. The van der Waals surface area contributed by atoms with Crippen LogP contribution in [0.5, 0.6) is 11.5 Å². The van der Waals surface area contributed by atoms with Gasteiger partial charge in [-0.15, -0.1) is 0 Å². The fraction of sp³-hybridized carbons (Fsp3) is 0.316. The van der Waals surface area contributed by atoms with Gasteiger partial charge in [-0.1, -0.05) is 6.07 Å². The van der Waals surface area contributed by atoms with Crippen LogP contribution in [-0.2, 0) is 17.8 Å². The van der Waals surface area contributed by atoms with Crippen LogP contribution in [0.15, 0.2) is 36.4 Å². The Kier molecular flexibility index (Phi) is 4.60. The maximum absolute atomic E-state index is 11.7. The number of anilines is 2. The van der Waals surface area contributed by atoms with Gasteiger partial charge < -0.3 is 19.7 Å². The van der Waals surface area contributed by atoms with Gasteiger partial charge in [-0.25, -0.2) is 0 Å². The molecule has 1 N–H and O–H groups in total. The smallest absolute Gasteiger partial charge is 0.223 e. The first-order valence-electron chi connectivity index (χ1n) is 7.98. The average Bonchev–Trinajstić information content (AvgIpc) is 3.03. The number of methoxy groups -OCH3 is 2. The van der Waals surface area contributed by atoms with Crippen molar-refractivity contribution >= 4 is 17.3 Å². The van der Waals surface area contributed by atoms with E-state index in [4.69, 9.17) is 9.47 Å². The first-order chi connectivity index (χ1) is 11.6. The molecule has 24 heavy (non-hydrogen) atoms. The van der Waals surface area contributed by atoms with E-state index in [2.05, 4.69) is 17.4 Å². The number of fused-ring (bicyclic) bond motifs is 1. The highest BCUT2D eigenvalue weighted by Gasteiger charge is 2.22. The van der Waals surface area contributed by atoms with Crippen LogP contribution >= 0.6 is 0 Å². The quantitative estimate of drug-likeness (QED) is 0.916. The standard InChI is InChI=1S/C19H22N2O3/c1-13(22)21-9-8-14-4-6-16(10-18(14)21)20-12-15-5-7-17(23-2)11-19(15)24-3/h4-7,10-11,20H,8-9,12H2,1-3H3. The number of hydrogen-bond acceptors (Lipinski definition) is 4. The molecule has 126 valence electrons. The Labute approximate surface area is 142 Å². The molecule has 5 nitrogen and oxygen atoms in total. The van der Waals surface area contributed by atoms with Gasteiger partial charge >= 0.3 is 0 Å². The summed E-state index contributed by atoms with van der Waals surface area (Å²) in [6, 6.07) is 12.0. The van der Waals surface area contributed by atoms with E-state index in [1.807, 2.05) is 29.2 Å². The van der Waals surface area contributed by atoms with E-state index in [1.165, 1.54) is 5.56 Å². The number of benzene rings is 2. The maximum Gasteiger partial charge on any atom is 0.223 e. The molecule has 2 aromatic rings. The van der Waals surface area contributed by atoms with Crippen LogP contribution in [-0.4, -0.2) is 26.7 Å². The number of carbonyl (C=O) groups excluding carboxylic acids is 1. The van der Waals surface area contributed by atoms with E-state index in [0.717, 1.165) is 41.4 Å². The lowest BCUT2D eigenvalue weighted by molar-refractivity contribution is -0.116. The summed E-state index contributed by atoms with van der Waals surface area (Å²) in [5.74, 6) is 1.64. The van der Waals surface area contributed by atoms with Crippen LogP contribution in [0.25, 0.3) is 0 Å². The van der Waals surface area contributed by atoms with E-state index >= 15 is 0 Å². The number of nitrogens with one attached hydrogen (secondary N) is 1. The first-order valence-corrected chi connectivity index (χ1v) is 7.98. The molecule has 3 rings (SSSR count). The third kappa shape index (κ3) is 3.15. The lowest BCUT2D eigenvalue weighted by Gasteiger charge is -2.16. The van der Waals surface area contributed by atoms with Crippen molar-refractivity contribution in [2.45, 2.75) is 19.9 Å². The minimum Gasteiger partial charge on any atom is -0.497 e. The third-order valence-electron chi connectivity index (χ3n) is 4.34. The third-order valence-corrected chi connectivity index (χ3v) is 4.34. The summed E-state index contributed by atoms with van der Waals surface area (Å²) in [6.45, 7) is 3.00. The zero-order valence-electron chi connectivity index (χ0n) is 14.3. The van der Waals surface area contributed by atoms with Crippen LogP contribution in [0.3, 0.4) is 0 Å². The first kappa shape index (κ1) is 16.2. The second kappa shape index (κ2) is 6.83. The molecule has 0 unspecified atom stereocenters. The fourth-order valence-corrected chi connectivity index (χ4v) is 3.01. The fourth-order valence-electron chi connectivity index (χ4n) is 3.01. The van der Waals surface area contributed by atoms with Gasteiger partial charge in [-0.2, -0.15) is 0 Å². The lowest BCUT2D eigenvalue weighted by atomic mass is 10.1. The zero-order chi connectivity index (χ0) is 17.1. The van der Waals surface area contributed by atoms with Crippen molar-refractivity contribution in [3.05, 3.63) is 47.5 Å². The Hall–Kier alpha value is -2.69. The maximum atomic E-state index is 11.7. The molecular weight excluding hydrogens is 304 g/mol. The van der Waals surface area contributed by atoms with Gasteiger partial charge in [-0.05, 0) is 36.2 Å². The zero-order valence-corrected chi connectivity index (χ0v) is 14.3. The number of hydrogen-bond donors (Lipinski definition) is 1. The molecule has 0 aliphatic carbocycles. The van der Waals surface area contributed by atoms with Gasteiger partial charge in [0.15, 0.2) is 0 Å². The van der Waals surface area contributed by atoms with Crippen LogP contribution in [0.2, 0.25) is 0 Å². The van der Waals surface area contributed by atoms with Gasteiger partial charge in [0.25, 0.3) is 0 Å². The van der Waals surface area contributed by atoms with E-state index in [1.54, 1.807) is 21.1 Å². The molecule has 1 aliphatic heterocycles. The second-order valence-electron chi connectivity index (χ2n) is 5.80. The van der Waals surface area contributed by atoms with E-state index in [9.17, 15) is 4.79 Å². The molecule has 2 aromatic carbocycles. The van der Waals surface area contributed by atoms with E-state index in [-0.39, 0.29) is 5.91 Å². The van der Waals surface area contributed by atoms with Crippen LogP contribution in [0.4, 0.5) is 11.4 Å². The summed E-state index contributed by atoms with van der Waals surface area (Å²) in [5.41, 5.74) is 4.26. The van der Waals surface area contributed by atoms with Crippen molar-refractivity contribution in [2.75, 3.05) is 31.0 Å². The highest BCUT2D eigenvalue weighted by Crippen LogP contribution is 2.31. The predicted molar refractivity (Wildman–Crippen MR) is 95.0 cm³/mol. The molecule has 1 heterocycles. The molecule has 5 heteroatoms. The van der Waals surface area contributed by atoms with Crippen molar-refractivity contribution in [1.29, 1.82) is 0 Å². The Morgan fingerprint density at radius 2 is 2.00 bits per heavy atom. The van der Waals surface area contributed by atoms with Gasteiger partial charge in [0.2, 0.25) is 5.91 Å². The molecule has 1 aliphatic rings. The van der Waals surface area contributed by atoms with Crippen LogP contribution in [0.1, 0.15) is 18.1 Å². The number of amides is 1. The Balaban J connectivity index is 1.76. The van der Waals surface area contributed by atoms with Gasteiger partial charge in [0, 0.05) is 43.0 Å². The Morgan fingerprint density at radius 3 is 2.71 bits per heavy atom. The van der Waals surface area contributed by atoms with Gasteiger partial charge in [-0.3, -0.25) is 4.79 Å². The van der Waals surface area contributed by atoms with E-state index < -0.39 is 0 Å². The van der Waals surface area contributed by atoms with Crippen molar-refractivity contribution in [1.82, 2.24) is 0 Å². The van der Waals surface area contributed by atoms with Gasteiger partial charge in [0.05, 0.1) is 14.2 Å². The molecule has 0 fully saturated rings. The number of rotatable bonds is 5. The molecule has 0 bridgehead atoms. The average molecular weight is 326 g/mol. The second-order valence-corrected chi connectivity index (χ2v) is 5.80. The molecule has 1 amide bonds. The van der Waals surface area contributed by atoms with Crippen LogP contribution < -0.4 is 19.7 Å². The molecule has 0 radical (unpaired) electrons. The molecule has 0 aromatic heterocycles. The SMILES string of the molecule is COc1ccc(CNc2ccc3c(c2)N(C(C)=O)CC3)c(OC)c1. The van der Waals surface area contributed by atoms with Crippen molar-refractivity contribution in [3.63, 3.8) is 0 Å². The van der Waals surface area contributed by atoms with Crippen LogP contribution in [0, 0.1) is 0 Å². The van der Waals surface area contributed by atoms with Crippen molar-refractivity contribution in [3.8, 4) is 11.5 Å². The topological polar surface area (TPSA) is 50.8 Å². The lowest BCUT2D eigenvalue weighted by Crippen LogP contribution is -2.25. The van der Waals surface area contributed by atoms with Crippen molar-refractivity contribution < 1.29 is 14.3 Å². The summed E-state index contributed by atoms with van der Waals surface area (Å²) in [6.07, 6.45) is 0.918. The number of nitrogens with zero attached hydrogens (tertiary/aromatic N) is 1. The molecular formula is C19H22N2O3. The summed E-state index contributed by atoms with van der Waals surface area (Å²) in [5, 5.41) is 3.40. The Morgan fingerprint density at radius 1 is 1.17 bits per heavy atom. The summed E-state index contributed by atoms with van der Waals surface area (Å²) in [7, 11) is 3.29. The van der Waals surface area contributed by atoms with E-state index in [0.29, 0.717) is 6.54 Å². The van der Waals surface area contributed by atoms with Gasteiger partial charge in [0.1, 0.15) is 11.5 Å². The Bertz CT molecular complexity index is 758. The summed E-state index contributed by atoms with van der Waals surface area (Å²) in [4.78, 5) is 13.5. The highest BCUT2D eigenvalue weighted by molar-refractivity contribution is 5.94. The monoisotopic (exact) mass is 326 g/mol. The molecule has 0 spiro atoms. The molecule has 0 saturated carbocycles. The highest BCUT2D eigenvalue weighted by atomic mass is 16.5. The minimum atomic E-state index is 0.0859. The summed E-state index contributed by atoms with van der Waals surface area (Å²) < 4.78 is 10.6. The number of ether oxygens (including phenoxy) is 2. The number of carbonyl (C=O) groups is 1. The summed E-state index contributed by atoms with van der Waals surface area (Å²) >= 11 is 0. The molecule has 0 atom stereocenters. The predicted octanol–water partition coefficient (Wildman–Crippen LogP) is 3.22.